The minimum absolute atomic E-state index is 0.280. The summed E-state index contributed by atoms with van der Waals surface area (Å²) >= 11 is 0. The Hall–Kier alpha value is -1.42. The van der Waals surface area contributed by atoms with Crippen molar-refractivity contribution in [1.29, 1.82) is 0 Å². The number of carbonyl (C=O) groups is 1. The smallest absolute Gasteiger partial charge is 0.310 e. The Bertz CT molecular complexity index is 427. The normalized spacial score (nSPS) is 20.4. The van der Waals surface area contributed by atoms with Gasteiger partial charge in [0, 0.05) is 6.61 Å². The summed E-state index contributed by atoms with van der Waals surface area (Å²) in [7, 11) is 0. The largest absolute Gasteiger partial charge is 0.481 e. The minimum Gasteiger partial charge on any atom is -0.481 e. The number of aliphatic carboxylic acids is 1. The van der Waals surface area contributed by atoms with Crippen LogP contribution in [0.4, 0.5) is 4.39 Å². The fraction of sp³-hybridized carbons (Fsp3) is 0.533. The van der Waals surface area contributed by atoms with Gasteiger partial charge in [0.25, 0.3) is 0 Å². The number of hydrogen-bond donors (Lipinski definition) is 1. The number of halogens is 1. The van der Waals surface area contributed by atoms with E-state index in [9.17, 15) is 14.3 Å². The summed E-state index contributed by atoms with van der Waals surface area (Å²) in [6.07, 6.45) is 4.65. The predicted octanol–water partition coefficient (Wildman–Crippen LogP) is 3.34. The van der Waals surface area contributed by atoms with Crippen molar-refractivity contribution >= 4 is 5.97 Å². The van der Waals surface area contributed by atoms with Gasteiger partial charge in [-0.2, -0.15) is 0 Å². The molecule has 1 fully saturated rings. The zero-order chi connectivity index (χ0) is 13.7. The van der Waals surface area contributed by atoms with Crippen molar-refractivity contribution in [3.63, 3.8) is 0 Å². The molecule has 1 aliphatic rings. The first kappa shape index (κ1) is 14.0. The Morgan fingerprint density at radius 3 is 3.00 bits per heavy atom. The number of benzene rings is 1. The van der Waals surface area contributed by atoms with E-state index in [-0.39, 0.29) is 11.9 Å². The number of rotatable bonds is 6. The standard InChI is InChI=1S/C15H19FO3/c16-12-5-1-4-11(10-12)14(15(17)18)8-2-6-13-7-3-9-19-13/h1,4-5,10,13-14H,2-3,6-9H2,(H,17,18). The molecule has 0 aromatic heterocycles. The molecular formula is C15H19FO3. The van der Waals surface area contributed by atoms with Gasteiger partial charge in [0.2, 0.25) is 0 Å². The monoisotopic (exact) mass is 266 g/mol. The molecule has 1 aliphatic heterocycles. The molecule has 2 atom stereocenters. The van der Waals surface area contributed by atoms with Crippen LogP contribution >= 0.6 is 0 Å². The van der Waals surface area contributed by atoms with Gasteiger partial charge in [-0.05, 0) is 49.8 Å². The molecule has 2 rings (SSSR count). The molecule has 0 amide bonds. The Morgan fingerprint density at radius 2 is 2.37 bits per heavy atom. The van der Waals surface area contributed by atoms with Crippen molar-refractivity contribution < 1.29 is 19.0 Å². The molecule has 1 saturated heterocycles. The van der Waals surface area contributed by atoms with Crippen LogP contribution < -0.4 is 0 Å². The predicted molar refractivity (Wildman–Crippen MR) is 69.6 cm³/mol. The van der Waals surface area contributed by atoms with E-state index >= 15 is 0 Å². The van der Waals surface area contributed by atoms with Gasteiger partial charge in [0.15, 0.2) is 0 Å². The maximum atomic E-state index is 13.1. The molecule has 0 spiro atoms. The molecule has 3 nitrogen and oxygen atoms in total. The zero-order valence-corrected chi connectivity index (χ0v) is 10.8. The molecule has 0 saturated carbocycles. The summed E-state index contributed by atoms with van der Waals surface area (Å²) < 4.78 is 18.7. The Labute approximate surface area is 112 Å². The van der Waals surface area contributed by atoms with Gasteiger partial charge < -0.3 is 9.84 Å². The van der Waals surface area contributed by atoms with Gasteiger partial charge in [-0.15, -0.1) is 0 Å². The molecule has 4 heteroatoms. The number of hydrogen-bond acceptors (Lipinski definition) is 2. The zero-order valence-electron chi connectivity index (χ0n) is 10.8. The highest BCUT2D eigenvalue weighted by molar-refractivity contribution is 5.76. The van der Waals surface area contributed by atoms with Crippen molar-refractivity contribution in [2.75, 3.05) is 6.61 Å². The average molecular weight is 266 g/mol. The quantitative estimate of drug-likeness (QED) is 0.859. The van der Waals surface area contributed by atoms with Crippen LogP contribution in [-0.2, 0) is 9.53 Å². The third kappa shape index (κ3) is 4.03. The third-order valence-electron chi connectivity index (χ3n) is 3.59. The van der Waals surface area contributed by atoms with E-state index in [0.717, 1.165) is 32.3 Å². The van der Waals surface area contributed by atoms with E-state index in [1.165, 1.54) is 12.1 Å². The second kappa shape index (κ2) is 6.66. The van der Waals surface area contributed by atoms with Crippen LogP contribution in [0.1, 0.15) is 43.6 Å². The summed E-state index contributed by atoms with van der Waals surface area (Å²) in [4.78, 5) is 11.3. The summed E-state index contributed by atoms with van der Waals surface area (Å²) in [5.74, 6) is -1.90. The molecule has 2 unspecified atom stereocenters. The minimum atomic E-state index is -0.891. The molecule has 0 aliphatic carbocycles. The molecular weight excluding hydrogens is 247 g/mol. The van der Waals surface area contributed by atoms with Crippen molar-refractivity contribution in [3.8, 4) is 0 Å². The van der Waals surface area contributed by atoms with Gasteiger partial charge in [0.05, 0.1) is 12.0 Å². The van der Waals surface area contributed by atoms with E-state index in [4.69, 9.17) is 4.74 Å². The van der Waals surface area contributed by atoms with Crippen LogP contribution in [0.2, 0.25) is 0 Å². The van der Waals surface area contributed by atoms with E-state index in [0.29, 0.717) is 12.0 Å². The van der Waals surface area contributed by atoms with Gasteiger partial charge in [-0.3, -0.25) is 4.79 Å². The molecule has 1 heterocycles. The highest BCUT2D eigenvalue weighted by atomic mass is 19.1. The number of carboxylic acids is 1. The van der Waals surface area contributed by atoms with E-state index < -0.39 is 11.9 Å². The maximum absolute atomic E-state index is 13.1. The van der Waals surface area contributed by atoms with Crippen molar-refractivity contribution in [2.24, 2.45) is 0 Å². The van der Waals surface area contributed by atoms with E-state index in [1.54, 1.807) is 12.1 Å². The van der Waals surface area contributed by atoms with Crippen LogP contribution in [-0.4, -0.2) is 23.8 Å². The highest BCUT2D eigenvalue weighted by Crippen LogP contribution is 2.25. The second-order valence-electron chi connectivity index (χ2n) is 5.01. The first-order valence-corrected chi connectivity index (χ1v) is 6.76. The second-order valence-corrected chi connectivity index (χ2v) is 5.01. The Kier molecular flexibility index (Phi) is 4.91. The Morgan fingerprint density at radius 1 is 1.53 bits per heavy atom. The fourth-order valence-corrected chi connectivity index (χ4v) is 2.58. The van der Waals surface area contributed by atoms with Crippen molar-refractivity contribution in [2.45, 2.75) is 44.1 Å². The van der Waals surface area contributed by atoms with Crippen LogP contribution in [0.25, 0.3) is 0 Å². The lowest BCUT2D eigenvalue weighted by atomic mass is 9.92. The summed E-state index contributed by atoms with van der Waals surface area (Å²) in [5, 5.41) is 9.26. The molecule has 1 aromatic carbocycles. The molecule has 104 valence electrons. The number of ether oxygens (including phenoxy) is 1. The summed E-state index contributed by atoms with van der Waals surface area (Å²) in [6.45, 7) is 0.816. The molecule has 1 N–H and O–H groups in total. The molecule has 0 radical (unpaired) electrons. The van der Waals surface area contributed by atoms with Gasteiger partial charge >= 0.3 is 5.97 Å². The first-order chi connectivity index (χ1) is 9.16. The number of carboxylic acid groups (broad SMARTS) is 1. The highest BCUT2D eigenvalue weighted by Gasteiger charge is 2.21. The SMILES string of the molecule is O=C(O)C(CCCC1CCCO1)c1cccc(F)c1. The van der Waals surface area contributed by atoms with Gasteiger partial charge in [-0.25, -0.2) is 4.39 Å². The van der Waals surface area contributed by atoms with Crippen LogP contribution in [0.5, 0.6) is 0 Å². The van der Waals surface area contributed by atoms with Crippen LogP contribution in [0.3, 0.4) is 0 Å². The Balaban J connectivity index is 1.90. The topological polar surface area (TPSA) is 46.5 Å². The van der Waals surface area contributed by atoms with Gasteiger partial charge in [0.1, 0.15) is 5.82 Å². The lowest BCUT2D eigenvalue weighted by molar-refractivity contribution is -0.139. The van der Waals surface area contributed by atoms with Crippen LogP contribution in [0.15, 0.2) is 24.3 Å². The van der Waals surface area contributed by atoms with Crippen LogP contribution in [0, 0.1) is 5.82 Å². The molecule has 19 heavy (non-hydrogen) atoms. The molecule has 1 aromatic rings. The maximum Gasteiger partial charge on any atom is 0.310 e. The van der Waals surface area contributed by atoms with E-state index in [2.05, 4.69) is 0 Å². The van der Waals surface area contributed by atoms with E-state index in [1.807, 2.05) is 0 Å². The average Bonchev–Trinajstić information content (AvgIpc) is 2.87. The summed E-state index contributed by atoms with van der Waals surface area (Å²) in [6, 6.07) is 5.87. The third-order valence-corrected chi connectivity index (χ3v) is 3.59. The van der Waals surface area contributed by atoms with Crippen molar-refractivity contribution in [3.05, 3.63) is 35.6 Å². The van der Waals surface area contributed by atoms with Crippen molar-refractivity contribution in [1.82, 2.24) is 0 Å². The lowest BCUT2D eigenvalue weighted by Gasteiger charge is -2.14. The fourth-order valence-electron chi connectivity index (χ4n) is 2.58. The first-order valence-electron chi connectivity index (χ1n) is 6.76. The van der Waals surface area contributed by atoms with Gasteiger partial charge in [-0.1, -0.05) is 12.1 Å². The lowest BCUT2D eigenvalue weighted by Crippen LogP contribution is -2.13. The summed E-state index contributed by atoms with van der Waals surface area (Å²) in [5.41, 5.74) is 0.542. The molecule has 0 bridgehead atoms.